The van der Waals surface area contributed by atoms with Crippen LogP contribution < -0.4 is 10.6 Å². The van der Waals surface area contributed by atoms with Gasteiger partial charge in [-0.25, -0.2) is 0 Å². The van der Waals surface area contributed by atoms with E-state index in [9.17, 15) is 4.79 Å². The van der Waals surface area contributed by atoms with Crippen LogP contribution in [-0.4, -0.2) is 21.7 Å². The van der Waals surface area contributed by atoms with E-state index in [4.69, 9.17) is 4.42 Å². The van der Waals surface area contributed by atoms with Crippen molar-refractivity contribution < 1.29 is 9.21 Å². The van der Waals surface area contributed by atoms with Gasteiger partial charge in [-0.05, 0) is 32.9 Å². The van der Waals surface area contributed by atoms with E-state index >= 15 is 0 Å². The highest BCUT2D eigenvalue weighted by Crippen LogP contribution is 2.23. The smallest absolute Gasteiger partial charge is 0.242 e. The third-order valence-corrected chi connectivity index (χ3v) is 3.96. The Morgan fingerprint density at radius 3 is 2.83 bits per heavy atom. The molecule has 6 heteroatoms. The van der Waals surface area contributed by atoms with Gasteiger partial charge in [-0.2, -0.15) is 5.10 Å². The molecule has 0 bridgehead atoms. The van der Waals surface area contributed by atoms with Crippen LogP contribution in [-0.2, 0) is 11.3 Å². The Bertz CT molecular complexity index is 803. The summed E-state index contributed by atoms with van der Waals surface area (Å²) < 4.78 is 7.61. The average molecular weight is 326 g/mol. The Labute approximate surface area is 140 Å². The third-order valence-electron chi connectivity index (χ3n) is 3.96. The van der Waals surface area contributed by atoms with Crippen molar-refractivity contribution >= 4 is 22.6 Å². The SMILES string of the molecule is CCn1cc(N[C@H](C)C(=O)N[C@@H](C)c2cc3ccccc3o2)cn1. The summed E-state index contributed by atoms with van der Waals surface area (Å²) in [5, 5.41) is 11.4. The van der Waals surface area contributed by atoms with E-state index in [1.807, 2.05) is 62.0 Å². The number of hydrogen-bond donors (Lipinski definition) is 2. The van der Waals surface area contributed by atoms with Gasteiger partial charge in [0.1, 0.15) is 17.4 Å². The molecule has 2 aromatic heterocycles. The highest BCUT2D eigenvalue weighted by Gasteiger charge is 2.18. The van der Waals surface area contributed by atoms with Crippen molar-refractivity contribution in [2.45, 2.75) is 39.4 Å². The number of carbonyl (C=O) groups is 1. The lowest BCUT2D eigenvalue weighted by Gasteiger charge is -2.17. The van der Waals surface area contributed by atoms with E-state index in [1.165, 1.54) is 0 Å². The van der Waals surface area contributed by atoms with Gasteiger partial charge >= 0.3 is 0 Å². The molecule has 24 heavy (non-hydrogen) atoms. The van der Waals surface area contributed by atoms with Crippen LogP contribution in [0.1, 0.15) is 32.6 Å². The molecule has 0 saturated carbocycles. The minimum absolute atomic E-state index is 0.0906. The zero-order chi connectivity index (χ0) is 17.1. The molecule has 0 fully saturated rings. The number of para-hydroxylation sites is 1. The third kappa shape index (κ3) is 3.42. The Morgan fingerprint density at radius 1 is 1.33 bits per heavy atom. The molecule has 0 saturated heterocycles. The number of nitrogens with zero attached hydrogens (tertiary/aromatic N) is 2. The zero-order valence-corrected chi connectivity index (χ0v) is 14.1. The molecule has 6 nitrogen and oxygen atoms in total. The fraction of sp³-hybridized carbons (Fsp3) is 0.333. The van der Waals surface area contributed by atoms with E-state index < -0.39 is 0 Å². The number of benzene rings is 1. The van der Waals surface area contributed by atoms with Crippen molar-refractivity contribution in [1.29, 1.82) is 0 Å². The summed E-state index contributed by atoms with van der Waals surface area (Å²) >= 11 is 0. The fourth-order valence-corrected chi connectivity index (χ4v) is 2.55. The number of aromatic nitrogens is 2. The number of carbonyl (C=O) groups excluding carboxylic acids is 1. The van der Waals surface area contributed by atoms with E-state index in [-0.39, 0.29) is 18.0 Å². The topological polar surface area (TPSA) is 72.1 Å². The molecule has 2 N–H and O–H groups in total. The molecule has 3 rings (SSSR count). The molecule has 0 spiro atoms. The summed E-state index contributed by atoms with van der Waals surface area (Å²) in [6.45, 7) is 6.55. The maximum Gasteiger partial charge on any atom is 0.242 e. The number of fused-ring (bicyclic) bond motifs is 1. The second-order valence-corrected chi connectivity index (χ2v) is 5.87. The summed E-state index contributed by atoms with van der Waals surface area (Å²) in [6, 6.07) is 9.20. The first-order chi connectivity index (χ1) is 11.6. The lowest BCUT2D eigenvalue weighted by atomic mass is 10.2. The maximum absolute atomic E-state index is 12.4. The number of anilines is 1. The van der Waals surface area contributed by atoms with Crippen molar-refractivity contribution in [3.8, 4) is 0 Å². The number of rotatable bonds is 6. The van der Waals surface area contributed by atoms with E-state index in [1.54, 1.807) is 6.20 Å². The first kappa shape index (κ1) is 16.1. The summed E-state index contributed by atoms with van der Waals surface area (Å²) in [4.78, 5) is 12.4. The predicted octanol–water partition coefficient (Wildman–Crippen LogP) is 3.33. The van der Waals surface area contributed by atoms with Crippen LogP contribution in [0.25, 0.3) is 11.0 Å². The molecule has 0 unspecified atom stereocenters. The highest BCUT2D eigenvalue weighted by atomic mass is 16.3. The molecule has 1 aromatic carbocycles. The van der Waals surface area contributed by atoms with Gasteiger partial charge in [0.15, 0.2) is 0 Å². The average Bonchev–Trinajstić information content (AvgIpc) is 3.20. The van der Waals surface area contributed by atoms with Gasteiger partial charge in [0.25, 0.3) is 0 Å². The first-order valence-corrected chi connectivity index (χ1v) is 8.14. The van der Waals surface area contributed by atoms with Crippen LogP contribution in [0.5, 0.6) is 0 Å². The minimum Gasteiger partial charge on any atom is -0.459 e. The molecule has 0 aliphatic heterocycles. The van der Waals surface area contributed by atoms with Crippen molar-refractivity contribution in [3.05, 3.63) is 48.5 Å². The number of furan rings is 1. The van der Waals surface area contributed by atoms with Gasteiger partial charge in [-0.1, -0.05) is 18.2 Å². The maximum atomic E-state index is 12.4. The van der Waals surface area contributed by atoms with Crippen LogP contribution in [0.4, 0.5) is 5.69 Å². The number of aryl methyl sites for hydroxylation is 1. The van der Waals surface area contributed by atoms with Gasteiger partial charge in [0, 0.05) is 18.1 Å². The Hall–Kier alpha value is -2.76. The first-order valence-electron chi connectivity index (χ1n) is 8.14. The van der Waals surface area contributed by atoms with Crippen LogP contribution in [0.3, 0.4) is 0 Å². The quantitative estimate of drug-likeness (QED) is 0.729. The lowest BCUT2D eigenvalue weighted by Crippen LogP contribution is -2.38. The van der Waals surface area contributed by atoms with Crippen molar-refractivity contribution in [2.24, 2.45) is 0 Å². The molecule has 126 valence electrons. The van der Waals surface area contributed by atoms with Crippen LogP contribution >= 0.6 is 0 Å². The summed E-state index contributed by atoms with van der Waals surface area (Å²) in [7, 11) is 0. The van der Waals surface area contributed by atoms with Crippen LogP contribution in [0.15, 0.2) is 47.1 Å². The van der Waals surface area contributed by atoms with Crippen LogP contribution in [0, 0.1) is 0 Å². The fourth-order valence-electron chi connectivity index (χ4n) is 2.55. The molecule has 0 aliphatic rings. The molecule has 2 atom stereocenters. The standard InChI is InChI=1S/C18H22N4O2/c1-4-22-11-15(10-19-22)20-13(3)18(23)21-12(2)17-9-14-7-5-6-8-16(14)24-17/h5-13,20H,4H2,1-3H3,(H,21,23)/t12-,13+/m0/s1. The van der Waals surface area contributed by atoms with Gasteiger partial charge in [0.05, 0.1) is 17.9 Å². The van der Waals surface area contributed by atoms with Crippen molar-refractivity contribution in [3.63, 3.8) is 0 Å². The van der Waals surface area contributed by atoms with E-state index in [2.05, 4.69) is 15.7 Å². The second-order valence-electron chi connectivity index (χ2n) is 5.87. The number of hydrogen-bond acceptors (Lipinski definition) is 4. The molecular weight excluding hydrogens is 304 g/mol. The largest absolute Gasteiger partial charge is 0.459 e. The summed E-state index contributed by atoms with van der Waals surface area (Å²) in [5.74, 6) is 0.655. The normalized spacial score (nSPS) is 13.6. The highest BCUT2D eigenvalue weighted by molar-refractivity contribution is 5.84. The minimum atomic E-state index is -0.369. The van der Waals surface area contributed by atoms with Gasteiger partial charge in [-0.15, -0.1) is 0 Å². The molecule has 1 amide bonds. The Kier molecular flexibility index (Phi) is 4.55. The number of amides is 1. The summed E-state index contributed by atoms with van der Waals surface area (Å²) in [6.07, 6.45) is 3.60. The second kappa shape index (κ2) is 6.78. The van der Waals surface area contributed by atoms with Gasteiger partial charge in [0.2, 0.25) is 5.91 Å². The van der Waals surface area contributed by atoms with Gasteiger partial charge < -0.3 is 15.1 Å². The Balaban J connectivity index is 1.62. The van der Waals surface area contributed by atoms with Crippen LogP contribution in [0.2, 0.25) is 0 Å². The monoisotopic (exact) mass is 326 g/mol. The molecule has 0 radical (unpaired) electrons. The number of nitrogens with one attached hydrogen (secondary N) is 2. The lowest BCUT2D eigenvalue weighted by molar-refractivity contribution is -0.122. The zero-order valence-electron chi connectivity index (χ0n) is 14.1. The predicted molar refractivity (Wildman–Crippen MR) is 93.8 cm³/mol. The molecule has 3 aromatic rings. The Morgan fingerprint density at radius 2 is 2.12 bits per heavy atom. The van der Waals surface area contributed by atoms with Crippen molar-refractivity contribution in [2.75, 3.05) is 5.32 Å². The summed E-state index contributed by atoms with van der Waals surface area (Å²) in [5.41, 5.74) is 1.66. The molecule has 0 aliphatic carbocycles. The van der Waals surface area contributed by atoms with Gasteiger partial charge in [-0.3, -0.25) is 9.48 Å². The van der Waals surface area contributed by atoms with E-state index in [0.29, 0.717) is 0 Å². The van der Waals surface area contributed by atoms with Crippen molar-refractivity contribution in [1.82, 2.24) is 15.1 Å². The van der Waals surface area contributed by atoms with E-state index in [0.717, 1.165) is 29.0 Å². The molecule has 2 heterocycles. The molecular formula is C18H22N4O2.